The number of hydrogen-bond donors (Lipinski definition) is 1. The highest BCUT2D eigenvalue weighted by Gasteiger charge is 2.61. The average molecular weight is 305 g/mol. The SMILES string of the molecule is CNC(C)c1cnc(C23CC4CC(C)(CC(C)(C4)C2)C3)s1. The van der Waals surface area contributed by atoms with E-state index in [-0.39, 0.29) is 0 Å². The van der Waals surface area contributed by atoms with Crippen molar-refractivity contribution in [1.29, 1.82) is 0 Å². The minimum Gasteiger partial charge on any atom is -0.312 e. The van der Waals surface area contributed by atoms with Gasteiger partial charge in [0.15, 0.2) is 0 Å². The Balaban J connectivity index is 1.72. The topological polar surface area (TPSA) is 24.9 Å². The van der Waals surface area contributed by atoms with E-state index in [1.165, 1.54) is 48.4 Å². The number of nitrogens with one attached hydrogen (secondary N) is 1. The van der Waals surface area contributed by atoms with E-state index in [1.54, 1.807) is 0 Å². The summed E-state index contributed by atoms with van der Waals surface area (Å²) in [6.45, 7) is 7.34. The minimum absolute atomic E-state index is 0.402. The third-order valence-electron chi connectivity index (χ3n) is 6.46. The maximum atomic E-state index is 4.92. The lowest BCUT2D eigenvalue weighted by Gasteiger charge is -2.64. The van der Waals surface area contributed by atoms with Crippen molar-refractivity contribution in [1.82, 2.24) is 10.3 Å². The van der Waals surface area contributed by atoms with E-state index in [9.17, 15) is 0 Å². The number of nitrogens with zero attached hydrogens (tertiary/aromatic N) is 1. The van der Waals surface area contributed by atoms with Gasteiger partial charge in [0.05, 0.1) is 5.01 Å². The molecular formula is C18H28N2S. The molecule has 0 spiro atoms. The molecule has 0 aliphatic heterocycles. The first-order valence-corrected chi connectivity index (χ1v) is 9.31. The molecule has 4 aliphatic carbocycles. The van der Waals surface area contributed by atoms with Gasteiger partial charge in [-0.2, -0.15) is 0 Å². The van der Waals surface area contributed by atoms with Gasteiger partial charge >= 0.3 is 0 Å². The van der Waals surface area contributed by atoms with Crippen LogP contribution in [0.3, 0.4) is 0 Å². The normalized spacial score (nSPS) is 46.0. The summed E-state index contributed by atoms with van der Waals surface area (Å²) >= 11 is 1.98. The van der Waals surface area contributed by atoms with Crippen LogP contribution in [0, 0.1) is 16.7 Å². The highest BCUT2D eigenvalue weighted by atomic mass is 32.1. The van der Waals surface area contributed by atoms with Gasteiger partial charge in [-0.1, -0.05) is 13.8 Å². The Labute approximate surface area is 132 Å². The molecule has 3 heteroatoms. The molecule has 0 radical (unpaired) electrons. The standard InChI is InChI=1S/C18H28N2S/c1-12(19-4)14-8-20-15(21-14)18-7-13-5-16(2,10-18)9-17(3,6-13)11-18/h8,12-13,19H,5-7,9-11H2,1-4H3. The zero-order valence-corrected chi connectivity index (χ0v) is 14.6. The second-order valence-corrected chi connectivity index (χ2v) is 10.1. The largest absolute Gasteiger partial charge is 0.312 e. The Morgan fingerprint density at radius 3 is 2.43 bits per heavy atom. The van der Waals surface area contributed by atoms with E-state index in [2.05, 4.69) is 32.3 Å². The molecule has 0 saturated heterocycles. The fourth-order valence-electron chi connectivity index (χ4n) is 6.56. The molecule has 2 nitrogen and oxygen atoms in total. The monoisotopic (exact) mass is 304 g/mol. The lowest BCUT2D eigenvalue weighted by Crippen LogP contribution is -2.56. The Bertz CT molecular complexity index is 545. The molecule has 4 fully saturated rings. The number of rotatable bonds is 3. The van der Waals surface area contributed by atoms with Crippen molar-refractivity contribution in [3.8, 4) is 0 Å². The van der Waals surface area contributed by atoms with Crippen LogP contribution in [0.2, 0.25) is 0 Å². The first-order chi connectivity index (χ1) is 9.85. The summed E-state index contributed by atoms with van der Waals surface area (Å²) < 4.78 is 0. The molecule has 5 rings (SSSR count). The van der Waals surface area contributed by atoms with Crippen LogP contribution in [-0.4, -0.2) is 12.0 Å². The molecule has 21 heavy (non-hydrogen) atoms. The van der Waals surface area contributed by atoms with Crippen LogP contribution in [0.5, 0.6) is 0 Å². The van der Waals surface area contributed by atoms with Crippen molar-refractivity contribution in [2.24, 2.45) is 16.7 Å². The van der Waals surface area contributed by atoms with Crippen LogP contribution in [0.4, 0.5) is 0 Å². The second kappa shape index (κ2) is 4.32. The van der Waals surface area contributed by atoms with Gasteiger partial charge in [-0.3, -0.25) is 0 Å². The Kier molecular flexibility index (Phi) is 2.92. The first-order valence-electron chi connectivity index (χ1n) is 8.49. The van der Waals surface area contributed by atoms with Crippen molar-refractivity contribution in [3.63, 3.8) is 0 Å². The van der Waals surface area contributed by atoms with Gasteiger partial charge in [-0.15, -0.1) is 11.3 Å². The molecule has 1 N–H and O–H groups in total. The summed E-state index contributed by atoms with van der Waals surface area (Å²) in [5.41, 5.74) is 1.56. The maximum absolute atomic E-state index is 4.92. The van der Waals surface area contributed by atoms with Crippen LogP contribution in [0.1, 0.15) is 75.2 Å². The molecule has 4 aliphatic rings. The first kappa shape index (κ1) is 14.2. The van der Waals surface area contributed by atoms with E-state index >= 15 is 0 Å². The quantitative estimate of drug-likeness (QED) is 0.877. The van der Waals surface area contributed by atoms with Crippen LogP contribution in [0.15, 0.2) is 6.20 Å². The van der Waals surface area contributed by atoms with Crippen LogP contribution in [-0.2, 0) is 5.41 Å². The van der Waals surface area contributed by atoms with Gasteiger partial charge in [-0.25, -0.2) is 4.98 Å². The number of thiazole rings is 1. The van der Waals surface area contributed by atoms with Crippen molar-refractivity contribution in [2.75, 3.05) is 7.05 Å². The molecule has 0 amide bonds. The van der Waals surface area contributed by atoms with Gasteiger partial charge < -0.3 is 5.32 Å². The fourth-order valence-corrected chi connectivity index (χ4v) is 7.73. The van der Waals surface area contributed by atoms with Crippen molar-refractivity contribution >= 4 is 11.3 Å². The van der Waals surface area contributed by atoms with Crippen molar-refractivity contribution < 1.29 is 0 Å². The second-order valence-electron chi connectivity index (χ2n) is 8.99. The predicted molar refractivity (Wildman–Crippen MR) is 88.7 cm³/mol. The van der Waals surface area contributed by atoms with Gasteiger partial charge in [0.2, 0.25) is 0 Å². The lowest BCUT2D eigenvalue weighted by molar-refractivity contribution is -0.110. The molecule has 0 aromatic carbocycles. The molecule has 116 valence electrons. The number of aromatic nitrogens is 1. The molecule has 1 heterocycles. The summed E-state index contributed by atoms with van der Waals surface area (Å²) in [5, 5.41) is 4.80. The van der Waals surface area contributed by atoms with Gasteiger partial charge in [0.1, 0.15) is 0 Å². The van der Waals surface area contributed by atoms with Crippen molar-refractivity contribution in [3.05, 3.63) is 16.1 Å². The van der Waals surface area contributed by atoms with Crippen LogP contribution >= 0.6 is 11.3 Å². The number of hydrogen-bond acceptors (Lipinski definition) is 3. The van der Waals surface area contributed by atoms with E-state index < -0.39 is 0 Å². The third-order valence-corrected chi connectivity index (χ3v) is 7.89. The zero-order chi connectivity index (χ0) is 14.9. The smallest absolute Gasteiger partial charge is 0.0990 e. The van der Waals surface area contributed by atoms with E-state index in [4.69, 9.17) is 4.98 Å². The van der Waals surface area contributed by atoms with Gasteiger partial charge in [0.25, 0.3) is 0 Å². The molecular weight excluding hydrogens is 276 g/mol. The van der Waals surface area contributed by atoms with Crippen LogP contribution in [0.25, 0.3) is 0 Å². The van der Waals surface area contributed by atoms with Gasteiger partial charge in [-0.05, 0) is 69.2 Å². The van der Waals surface area contributed by atoms with E-state index in [1.807, 2.05) is 18.4 Å². The van der Waals surface area contributed by atoms with Crippen molar-refractivity contribution in [2.45, 2.75) is 70.8 Å². The highest BCUT2D eigenvalue weighted by molar-refractivity contribution is 7.11. The Hall–Kier alpha value is -0.410. The summed E-state index contributed by atoms with van der Waals surface area (Å²) in [6.07, 6.45) is 10.7. The average Bonchev–Trinajstić information content (AvgIpc) is 2.83. The molecule has 1 aromatic heterocycles. The maximum Gasteiger partial charge on any atom is 0.0990 e. The summed E-state index contributed by atoms with van der Waals surface area (Å²) in [7, 11) is 2.04. The fraction of sp³-hybridized carbons (Fsp3) is 0.833. The lowest BCUT2D eigenvalue weighted by atomic mass is 9.40. The zero-order valence-electron chi connectivity index (χ0n) is 13.8. The molecule has 3 unspecified atom stereocenters. The van der Waals surface area contributed by atoms with E-state index in [0.29, 0.717) is 22.3 Å². The minimum atomic E-state index is 0.402. The summed E-state index contributed by atoms with van der Waals surface area (Å²) in [4.78, 5) is 6.32. The summed E-state index contributed by atoms with van der Waals surface area (Å²) in [6, 6.07) is 0.427. The predicted octanol–water partition coefficient (Wildman–Crippen LogP) is 4.67. The van der Waals surface area contributed by atoms with Gasteiger partial charge in [0, 0.05) is 22.5 Å². The molecule has 4 saturated carbocycles. The molecule has 4 bridgehead atoms. The van der Waals surface area contributed by atoms with E-state index in [0.717, 1.165) is 5.92 Å². The highest BCUT2D eigenvalue weighted by Crippen LogP contribution is 2.70. The molecule has 3 atom stereocenters. The Morgan fingerprint density at radius 2 is 1.86 bits per heavy atom. The van der Waals surface area contributed by atoms with Crippen LogP contribution < -0.4 is 5.32 Å². The molecule has 1 aromatic rings. The Morgan fingerprint density at radius 1 is 1.19 bits per heavy atom. The third kappa shape index (κ3) is 2.11. The summed E-state index contributed by atoms with van der Waals surface area (Å²) in [5.74, 6) is 0.949.